The van der Waals surface area contributed by atoms with Crippen LogP contribution in [0.15, 0.2) is 18.2 Å². The predicted molar refractivity (Wildman–Crippen MR) is 83.0 cm³/mol. The first-order valence-electron chi connectivity index (χ1n) is 6.70. The van der Waals surface area contributed by atoms with Crippen molar-refractivity contribution in [1.29, 1.82) is 0 Å². The molecule has 1 rings (SSSR count). The van der Waals surface area contributed by atoms with E-state index < -0.39 is 14.9 Å². The van der Waals surface area contributed by atoms with Crippen LogP contribution in [0.2, 0.25) is 0 Å². The van der Waals surface area contributed by atoms with Crippen molar-refractivity contribution in [3.8, 4) is 0 Å². The molecule has 1 aromatic carbocycles. The molecule has 21 heavy (non-hydrogen) atoms. The summed E-state index contributed by atoms with van der Waals surface area (Å²) in [5.41, 5.74) is 0.835. The Labute approximate surface area is 124 Å². The normalized spacial score (nSPS) is 11.6. The van der Waals surface area contributed by atoms with Crippen molar-refractivity contribution in [2.45, 2.75) is 33.2 Å². The Morgan fingerprint density at radius 3 is 2.52 bits per heavy atom. The van der Waals surface area contributed by atoms with E-state index in [9.17, 15) is 18.5 Å². The standard InChI is InChI=1S/C13H21N3O4S/c1-10(2)14-7-4-8-21(19,20)15-13-6-5-12(16(17)18)9-11(13)3/h5-6,9-10,14-15H,4,7-8H2,1-3H3. The fourth-order valence-electron chi connectivity index (χ4n) is 1.75. The van der Waals surface area contributed by atoms with Crippen molar-refractivity contribution in [3.63, 3.8) is 0 Å². The molecule has 0 unspecified atom stereocenters. The van der Waals surface area contributed by atoms with Crippen molar-refractivity contribution < 1.29 is 13.3 Å². The molecule has 0 atom stereocenters. The Hall–Kier alpha value is -1.67. The molecule has 0 amide bonds. The van der Waals surface area contributed by atoms with Gasteiger partial charge in [-0.1, -0.05) is 13.8 Å². The second-order valence-corrected chi connectivity index (χ2v) is 6.98. The van der Waals surface area contributed by atoms with E-state index in [0.717, 1.165) is 0 Å². The summed E-state index contributed by atoms with van der Waals surface area (Å²) >= 11 is 0. The van der Waals surface area contributed by atoms with Crippen LogP contribution in [-0.2, 0) is 10.0 Å². The maximum absolute atomic E-state index is 11.9. The van der Waals surface area contributed by atoms with Crippen LogP contribution in [0.25, 0.3) is 0 Å². The summed E-state index contributed by atoms with van der Waals surface area (Å²) in [6, 6.07) is 4.36. The van der Waals surface area contributed by atoms with Gasteiger partial charge >= 0.3 is 0 Å². The van der Waals surface area contributed by atoms with Gasteiger partial charge in [0.25, 0.3) is 5.69 Å². The van der Waals surface area contributed by atoms with Gasteiger partial charge in [0.15, 0.2) is 0 Å². The van der Waals surface area contributed by atoms with Crippen molar-refractivity contribution in [2.24, 2.45) is 0 Å². The van der Waals surface area contributed by atoms with E-state index in [4.69, 9.17) is 0 Å². The summed E-state index contributed by atoms with van der Waals surface area (Å²) in [5, 5.41) is 13.8. The minimum Gasteiger partial charge on any atom is -0.314 e. The zero-order chi connectivity index (χ0) is 16.0. The van der Waals surface area contributed by atoms with E-state index >= 15 is 0 Å². The molecule has 0 aromatic heterocycles. The van der Waals surface area contributed by atoms with E-state index in [-0.39, 0.29) is 11.4 Å². The predicted octanol–water partition coefficient (Wildman–Crippen LogP) is 2.03. The van der Waals surface area contributed by atoms with Gasteiger partial charge in [-0.25, -0.2) is 8.42 Å². The van der Waals surface area contributed by atoms with Gasteiger partial charge in [0.05, 0.1) is 16.4 Å². The van der Waals surface area contributed by atoms with Crippen molar-refractivity contribution in [3.05, 3.63) is 33.9 Å². The van der Waals surface area contributed by atoms with Crippen LogP contribution >= 0.6 is 0 Å². The summed E-state index contributed by atoms with van der Waals surface area (Å²) in [5.74, 6) is 0.00312. The lowest BCUT2D eigenvalue weighted by molar-refractivity contribution is -0.384. The van der Waals surface area contributed by atoms with Gasteiger partial charge in [0.1, 0.15) is 0 Å². The molecule has 1 aromatic rings. The second-order valence-electron chi connectivity index (χ2n) is 5.14. The molecule has 2 N–H and O–H groups in total. The third-order valence-electron chi connectivity index (χ3n) is 2.83. The minimum absolute atomic E-state index is 0.00312. The number of sulfonamides is 1. The molecule has 0 saturated carbocycles. The van der Waals surface area contributed by atoms with Crippen molar-refractivity contribution in [2.75, 3.05) is 17.0 Å². The zero-order valence-electron chi connectivity index (χ0n) is 12.4. The Balaban J connectivity index is 2.65. The van der Waals surface area contributed by atoms with Crippen LogP contribution in [0.3, 0.4) is 0 Å². The van der Waals surface area contributed by atoms with Crippen LogP contribution in [0.1, 0.15) is 25.8 Å². The topological polar surface area (TPSA) is 101 Å². The first-order chi connectivity index (χ1) is 9.71. The van der Waals surface area contributed by atoms with E-state index in [1.165, 1.54) is 18.2 Å². The number of nitro groups is 1. The second kappa shape index (κ2) is 7.37. The van der Waals surface area contributed by atoms with Gasteiger partial charge in [-0.2, -0.15) is 0 Å². The number of rotatable bonds is 8. The Morgan fingerprint density at radius 2 is 2.00 bits per heavy atom. The van der Waals surface area contributed by atoms with Crippen LogP contribution in [0.4, 0.5) is 11.4 Å². The molecule has 0 bridgehead atoms. The lowest BCUT2D eigenvalue weighted by atomic mass is 10.2. The number of anilines is 1. The molecule has 0 fully saturated rings. The van der Waals surface area contributed by atoms with Gasteiger partial charge in [-0.15, -0.1) is 0 Å². The van der Waals surface area contributed by atoms with Crippen LogP contribution < -0.4 is 10.0 Å². The number of aryl methyl sites for hydroxylation is 1. The van der Waals surface area contributed by atoms with Gasteiger partial charge in [0.2, 0.25) is 10.0 Å². The van der Waals surface area contributed by atoms with Gasteiger partial charge < -0.3 is 5.32 Å². The third-order valence-corrected chi connectivity index (χ3v) is 4.19. The molecule has 7 nitrogen and oxygen atoms in total. The Kier molecular flexibility index (Phi) is 6.10. The lowest BCUT2D eigenvalue weighted by Crippen LogP contribution is -2.26. The molecule has 0 aliphatic carbocycles. The molecule has 0 saturated heterocycles. The Morgan fingerprint density at radius 1 is 1.33 bits per heavy atom. The van der Waals surface area contributed by atoms with E-state index in [0.29, 0.717) is 30.3 Å². The maximum Gasteiger partial charge on any atom is 0.269 e. The molecule has 0 aliphatic heterocycles. The average molecular weight is 315 g/mol. The number of nitro benzene ring substituents is 1. The highest BCUT2D eigenvalue weighted by Gasteiger charge is 2.14. The first kappa shape index (κ1) is 17.4. The number of nitrogens with zero attached hydrogens (tertiary/aromatic N) is 1. The molecule has 118 valence electrons. The lowest BCUT2D eigenvalue weighted by Gasteiger charge is -2.11. The van der Waals surface area contributed by atoms with Crippen LogP contribution in [-0.4, -0.2) is 31.7 Å². The maximum atomic E-state index is 11.9. The van der Waals surface area contributed by atoms with Gasteiger partial charge in [-0.3, -0.25) is 14.8 Å². The first-order valence-corrected chi connectivity index (χ1v) is 8.35. The van der Waals surface area contributed by atoms with E-state index in [2.05, 4.69) is 10.0 Å². The monoisotopic (exact) mass is 315 g/mol. The van der Waals surface area contributed by atoms with Gasteiger partial charge in [0, 0.05) is 18.2 Å². The molecular weight excluding hydrogens is 294 g/mol. The number of non-ortho nitro benzene ring substituents is 1. The highest BCUT2D eigenvalue weighted by Crippen LogP contribution is 2.22. The molecule has 0 heterocycles. The molecule has 0 radical (unpaired) electrons. The summed E-state index contributed by atoms with van der Waals surface area (Å²) < 4.78 is 26.3. The number of benzene rings is 1. The van der Waals surface area contributed by atoms with Crippen LogP contribution in [0.5, 0.6) is 0 Å². The summed E-state index contributed by atoms with van der Waals surface area (Å²) in [6.45, 7) is 6.24. The summed E-state index contributed by atoms with van der Waals surface area (Å²) in [4.78, 5) is 10.1. The van der Waals surface area contributed by atoms with Gasteiger partial charge in [-0.05, 0) is 31.5 Å². The molecular formula is C13H21N3O4S. The highest BCUT2D eigenvalue weighted by atomic mass is 32.2. The number of hydrogen-bond acceptors (Lipinski definition) is 5. The fourth-order valence-corrected chi connectivity index (χ4v) is 2.94. The SMILES string of the molecule is Cc1cc([N+](=O)[O-])ccc1NS(=O)(=O)CCCNC(C)C. The summed E-state index contributed by atoms with van der Waals surface area (Å²) in [7, 11) is -3.45. The zero-order valence-corrected chi connectivity index (χ0v) is 13.2. The quantitative estimate of drug-likeness (QED) is 0.434. The number of hydrogen-bond donors (Lipinski definition) is 2. The van der Waals surface area contributed by atoms with E-state index in [1.54, 1.807) is 6.92 Å². The number of nitrogens with one attached hydrogen (secondary N) is 2. The largest absolute Gasteiger partial charge is 0.314 e. The smallest absolute Gasteiger partial charge is 0.269 e. The third kappa shape index (κ3) is 6.09. The van der Waals surface area contributed by atoms with Crippen LogP contribution in [0, 0.1) is 17.0 Å². The molecule has 0 spiro atoms. The van der Waals surface area contributed by atoms with Crippen molar-refractivity contribution in [1.82, 2.24) is 5.32 Å². The van der Waals surface area contributed by atoms with E-state index in [1.807, 2.05) is 13.8 Å². The average Bonchev–Trinajstić information content (AvgIpc) is 2.36. The fraction of sp³-hybridized carbons (Fsp3) is 0.538. The summed E-state index contributed by atoms with van der Waals surface area (Å²) in [6.07, 6.45) is 0.500. The van der Waals surface area contributed by atoms with Crippen molar-refractivity contribution >= 4 is 21.4 Å². The minimum atomic E-state index is -3.45. The highest BCUT2D eigenvalue weighted by molar-refractivity contribution is 7.92. The molecule has 8 heteroatoms. The Bertz CT molecular complexity index is 599. The molecule has 0 aliphatic rings.